The maximum Gasteiger partial charge on any atom is 0.119 e. The van der Waals surface area contributed by atoms with Crippen LogP contribution in [0.5, 0.6) is 5.75 Å². The molecule has 2 rings (SSSR count). The van der Waals surface area contributed by atoms with Gasteiger partial charge in [-0.2, -0.15) is 0 Å². The highest BCUT2D eigenvalue weighted by Crippen LogP contribution is 2.20. The molecular weight excluding hydrogens is 210 g/mol. The number of benzene rings is 1. The van der Waals surface area contributed by atoms with Gasteiger partial charge in [-0.3, -0.25) is 0 Å². The third-order valence-electron chi connectivity index (χ3n) is 3.32. The van der Waals surface area contributed by atoms with Crippen molar-refractivity contribution in [1.82, 2.24) is 5.32 Å². The van der Waals surface area contributed by atoms with Crippen molar-refractivity contribution in [3.05, 3.63) is 29.3 Å². The second-order valence-corrected chi connectivity index (χ2v) is 4.71. The number of nitrogens with one attached hydrogen (secondary N) is 1. The van der Waals surface area contributed by atoms with Crippen molar-refractivity contribution in [2.45, 2.75) is 45.6 Å². The Morgan fingerprint density at radius 2 is 1.94 bits per heavy atom. The van der Waals surface area contributed by atoms with E-state index in [0.29, 0.717) is 0 Å². The second-order valence-electron chi connectivity index (χ2n) is 4.71. The number of ether oxygens (including phenoxy) is 1. The van der Waals surface area contributed by atoms with Crippen molar-refractivity contribution in [3.8, 4) is 5.75 Å². The van der Waals surface area contributed by atoms with Crippen LogP contribution in [0.15, 0.2) is 18.2 Å². The molecule has 1 N–H and O–H groups in total. The van der Waals surface area contributed by atoms with E-state index in [1.807, 2.05) is 0 Å². The number of aryl methyl sites for hydroxylation is 2. The van der Waals surface area contributed by atoms with Crippen molar-refractivity contribution in [3.63, 3.8) is 0 Å². The van der Waals surface area contributed by atoms with Gasteiger partial charge in [0.15, 0.2) is 0 Å². The van der Waals surface area contributed by atoms with E-state index < -0.39 is 0 Å². The Labute approximate surface area is 104 Å². The van der Waals surface area contributed by atoms with Crippen LogP contribution in [0.3, 0.4) is 0 Å². The summed E-state index contributed by atoms with van der Waals surface area (Å²) < 4.78 is 5.76. The van der Waals surface area contributed by atoms with Crippen molar-refractivity contribution < 1.29 is 4.74 Å². The van der Waals surface area contributed by atoms with E-state index in [1.165, 1.54) is 24.0 Å². The summed E-state index contributed by atoms with van der Waals surface area (Å²) in [6, 6.07) is 7.25. The average molecular weight is 233 g/mol. The Kier molecular flexibility index (Phi) is 4.43. The summed E-state index contributed by atoms with van der Waals surface area (Å²) in [5, 5.41) is 3.45. The van der Waals surface area contributed by atoms with Gasteiger partial charge in [0.2, 0.25) is 0 Å². The van der Waals surface area contributed by atoms with E-state index >= 15 is 0 Å². The summed E-state index contributed by atoms with van der Waals surface area (Å²) in [5.41, 5.74) is 2.86. The third-order valence-corrected chi connectivity index (χ3v) is 3.32. The van der Waals surface area contributed by atoms with Crippen LogP contribution >= 0.6 is 0 Å². The molecule has 0 unspecified atom stereocenters. The lowest BCUT2D eigenvalue weighted by molar-refractivity contribution is 0.313. The number of rotatable bonds is 7. The first-order valence-corrected chi connectivity index (χ1v) is 6.81. The summed E-state index contributed by atoms with van der Waals surface area (Å²) in [6.45, 7) is 6.13. The molecule has 0 atom stereocenters. The van der Waals surface area contributed by atoms with E-state index in [2.05, 4.69) is 37.4 Å². The Balaban J connectivity index is 1.82. The molecule has 1 aromatic carbocycles. The fourth-order valence-electron chi connectivity index (χ4n) is 2.09. The Morgan fingerprint density at radius 1 is 1.18 bits per heavy atom. The minimum atomic E-state index is 0.769. The summed E-state index contributed by atoms with van der Waals surface area (Å²) in [7, 11) is 0. The molecule has 0 saturated heterocycles. The van der Waals surface area contributed by atoms with Crippen molar-refractivity contribution in [2.24, 2.45) is 0 Å². The third kappa shape index (κ3) is 3.74. The highest BCUT2D eigenvalue weighted by Gasteiger charge is 2.19. The molecule has 0 bridgehead atoms. The summed E-state index contributed by atoms with van der Waals surface area (Å²) in [4.78, 5) is 0. The zero-order valence-electron chi connectivity index (χ0n) is 11.0. The van der Waals surface area contributed by atoms with Crippen LogP contribution in [-0.4, -0.2) is 19.2 Å². The normalized spacial score (nSPS) is 14.9. The zero-order valence-corrected chi connectivity index (χ0v) is 11.0. The van der Waals surface area contributed by atoms with Gasteiger partial charge < -0.3 is 10.1 Å². The quantitative estimate of drug-likeness (QED) is 0.731. The molecule has 0 radical (unpaired) electrons. The van der Waals surface area contributed by atoms with E-state index in [0.717, 1.165) is 37.8 Å². The predicted octanol–water partition coefficient (Wildman–Crippen LogP) is 2.94. The lowest BCUT2D eigenvalue weighted by atomic mass is 10.0. The summed E-state index contributed by atoms with van der Waals surface area (Å²) in [5.74, 6) is 1.01. The van der Waals surface area contributed by atoms with Crippen LogP contribution in [-0.2, 0) is 12.8 Å². The first-order valence-electron chi connectivity index (χ1n) is 6.81. The van der Waals surface area contributed by atoms with E-state index in [1.54, 1.807) is 0 Å². The maximum absolute atomic E-state index is 5.76. The fourth-order valence-corrected chi connectivity index (χ4v) is 2.09. The first kappa shape index (κ1) is 12.4. The number of hydrogen-bond donors (Lipinski definition) is 1. The van der Waals surface area contributed by atoms with Gasteiger partial charge >= 0.3 is 0 Å². The summed E-state index contributed by atoms with van der Waals surface area (Å²) >= 11 is 0. The summed E-state index contributed by atoms with van der Waals surface area (Å²) in [6.07, 6.45) is 4.86. The molecule has 2 nitrogen and oxygen atoms in total. The highest BCUT2D eigenvalue weighted by atomic mass is 16.5. The van der Waals surface area contributed by atoms with Crippen LogP contribution < -0.4 is 10.1 Å². The molecular formula is C15H23NO. The molecule has 0 spiro atoms. The molecule has 0 aromatic heterocycles. The van der Waals surface area contributed by atoms with E-state index in [4.69, 9.17) is 4.74 Å². The smallest absolute Gasteiger partial charge is 0.119 e. The second kappa shape index (κ2) is 6.06. The monoisotopic (exact) mass is 233 g/mol. The molecule has 94 valence electrons. The van der Waals surface area contributed by atoms with Gasteiger partial charge in [0.05, 0.1) is 0 Å². The van der Waals surface area contributed by atoms with Gasteiger partial charge in [-0.15, -0.1) is 0 Å². The molecule has 2 heteroatoms. The molecule has 17 heavy (non-hydrogen) atoms. The van der Waals surface area contributed by atoms with E-state index in [-0.39, 0.29) is 0 Å². The topological polar surface area (TPSA) is 21.3 Å². The average Bonchev–Trinajstić information content (AvgIpc) is 3.18. The molecule has 1 aromatic rings. The van der Waals surface area contributed by atoms with Crippen LogP contribution in [0.1, 0.15) is 37.8 Å². The molecule has 1 aliphatic carbocycles. The van der Waals surface area contributed by atoms with Crippen LogP contribution in [0, 0.1) is 0 Å². The first-order chi connectivity index (χ1) is 8.33. The van der Waals surface area contributed by atoms with Gasteiger partial charge in [-0.25, -0.2) is 0 Å². The Hall–Kier alpha value is -1.02. The molecule has 0 heterocycles. The van der Waals surface area contributed by atoms with Crippen LogP contribution in [0.2, 0.25) is 0 Å². The minimum absolute atomic E-state index is 0.769. The largest absolute Gasteiger partial charge is 0.492 e. The lowest BCUT2D eigenvalue weighted by Gasteiger charge is -2.11. The predicted molar refractivity (Wildman–Crippen MR) is 71.7 cm³/mol. The Bertz CT molecular complexity index is 358. The van der Waals surface area contributed by atoms with Gasteiger partial charge in [0.1, 0.15) is 12.4 Å². The van der Waals surface area contributed by atoms with Gasteiger partial charge in [-0.1, -0.05) is 19.9 Å². The van der Waals surface area contributed by atoms with E-state index in [9.17, 15) is 0 Å². The molecule has 0 aliphatic heterocycles. The van der Waals surface area contributed by atoms with Gasteiger partial charge in [0, 0.05) is 12.6 Å². The van der Waals surface area contributed by atoms with Crippen molar-refractivity contribution in [2.75, 3.05) is 13.2 Å². The number of hydrogen-bond acceptors (Lipinski definition) is 2. The van der Waals surface area contributed by atoms with Crippen molar-refractivity contribution in [1.29, 1.82) is 0 Å². The Morgan fingerprint density at radius 3 is 2.59 bits per heavy atom. The fraction of sp³-hybridized carbons (Fsp3) is 0.600. The SMILES string of the molecule is CCc1ccc(OCCNC2CC2)cc1CC. The zero-order chi connectivity index (χ0) is 12.1. The molecule has 1 fully saturated rings. The van der Waals surface area contributed by atoms with Crippen LogP contribution in [0.4, 0.5) is 0 Å². The van der Waals surface area contributed by atoms with Crippen molar-refractivity contribution >= 4 is 0 Å². The standard InChI is InChI=1S/C15H23NO/c1-3-12-5-8-15(11-13(12)4-2)17-10-9-16-14-6-7-14/h5,8,11,14,16H,3-4,6-7,9-10H2,1-2H3. The highest BCUT2D eigenvalue weighted by molar-refractivity contribution is 5.35. The van der Waals surface area contributed by atoms with Gasteiger partial charge in [-0.05, 0) is 48.9 Å². The van der Waals surface area contributed by atoms with Crippen LogP contribution in [0.25, 0.3) is 0 Å². The van der Waals surface area contributed by atoms with Gasteiger partial charge in [0.25, 0.3) is 0 Å². The molecule has 1 saturated carbocycles. The maximum atomic E-state index is 5.76. The lowest BCUT2D eigenvalue weighted by Crippen LogP contribution is -2.22. The molecule has 0 amide bonds. The molecule has 1 aliphatic rings. The minimum Gasteiger partial charge on any atom is -0.492 e.